The zero-order valence-electron chi connectivity index (χ0n) is 6.70. The van der Waals surface area contributed by atoms with Gasteiger partial charge in [-0.25, -0.2) is 0 Å². The van der Waals surface area contributed by atoms with Crippen molar-refractivity contribution in [2.24, 2.45) is 0 Å². The van der Waals surface area contributed by atoms with Crippen molar-refractivity contribution < 1.29 is 4.52 Å². The molecule has 3 nitrogen and oxygen atoms in total. The molecule has 0 unspecified atom stereocenters. The second-order valence-corrected chi connectivity index (χ2v) is 3.45. The molecule has 2 N–H and O–H groups in total. The van der Waals surface area contributed by atoms with E-state index in [2.05, 4.69) is 21.1 Å². The van der Waals surface area contributed by atoms with Gasteiger partial charge in [-0.05, 0) is 12.1 Å². The van der Waals surface area contributed by atoms with Gasteiger partial charge in [0.2, 0.25) is 0 Å². The summed E-state index contributed by atoms with van der Waals surface area (Å²) in [5.41, 5.74) is 6.40. The van der Waals surface area contributed by atoms with Gasteiger partial charge in [0, 0.05) is 16.1 Å². The maximum Gasteiger partial charge on any atom is 0.170 e. The van der Waals surface area contributed by atoms with Crippen LogP contribution in [-0.4, -0.2) is 5.16 Å². The highest BCUT2D eigenvalue weighted by molar-refractivity contribution is 9.10. The van der Waals surface area contributed by atoms with E-state index in [0.717, 1.165) is 10.0 Å². The Morgan fingerprint density at radius 1 is 1.31 bits per heavy atom. The molecule has 0 saturated heterocycles. The molecule has 2 aromatic rings. The third kappa shape index (κ3) is 1.58. The lowest BCUT2D eigenvalue weighted by Crippen LogP contribution is -1.80. The van der Waals surface area contributed by atoms with Crippen molar-refractivity contribution in [2.45, 2.75) is 0 Å². The molecule has 1 aromatic heterocycles. The van der Waals surface area contributed by atoms with E-state index in [4.69, 9.17) is 10.3 Å². The first kappa shape index (κ1) is 8.31. The summed E-state index contributed by atoms with van der Waals surface area (Å²) in [7, 11) is 0. The van der Waals surface area contributed by atoms with Gasteiger partial charge in [0.1, 0.15) is 0 Å². The van der Waals surface area contributed by atoms with Crippen LogP contribution in [0.4, 0.5) is 5.82 Å². The van der Waals surface area contributed by atoms with Crippen LogP contribution in [0.15, 0.2) is 39.3 Å². The third-order valence-electron chi connectivity index (χ3n) is 1.67. The molecule has 0 radical (unpaired) electrons. The molecular formula is C9H7BrN2O. The minimum absolute atomic E-state index is 0.394. The second kappa shape index (κ2) is 3.22. The monoisotopic (exact) mass is 238 g/mol. The number of nitrogens with zero attached hydrogens (tertiary/aromatic N) is 1. The highest BCUT2D eigenvalue weighted by Gasteiger charge is 2.06. The van der Waals surface area contributed by atoms with Gasteiger partial charge >= 0.3 is 0 Å². The summed E-state index contributed by atoms with van der Waals surface area (Å²) in [6, 6.07) is 9.43. The summed E-state index contributed by atoms with van der Waals surface area (Å²) in [5, 5.41) is 3.62. The third-order valence-corrected chi connectivity index (χ3v) is 2.36. The Morgan fingerprint density at radius 3 is 2.69 bits per heavy atom. The fraction of sp³-hybridized carbons (Fsp3) is 0. The van der Waals surface area contributed by atoms with Crippen molar-refractivity contribution in [3.05, 3.63) is 34.8 Å². The van der Waals surface area contributed by atoms with Gasteiger partial charge in [-0.2, -0.15) is 0 Å². The van der Waals surface area contributed by atoms with Crippen molar-refractivity contribution in [1.29, 1.82) is 0 Å². The zero-order chi connectivity index (χ0) is 9.26. The van der Waals surface area contributed by atoms with E-state index in [1.54, 1.807) is 6.07 Å². The van der Waals surface area contributed by atoms with Crippen molar-refractivity contribution in [1.82, 2.24) is 5.16 Å². The Kier molecular flexibility index (Phi) is 2.06. The molecule has 0 atom stereocenters. The molecular weight excluding hydrogens is 232 g/mol. The molecule has 13 heavy (non-hydrogen) atoms. The van der Waals surface area contributed by atoms with Crippen LogP contribution in [0.25, 0.3) is 11.3 Å². The van der Waals surface area contributed by atoms with Crippen LogP contribution in [0.1, 0.15) is 0 Å². The van der Waals surface area contributed by atoms with E-state index in [0.29, 0.717) is 11.6 Å². The van der Waals surface area contributed by atoms with Crippen LogP contribution < -0.4 is 5.73 Å². The molecule has 0 aliphatic heterocycles. The molecule has 1 heterocycles. The quantitative estimate of drug-likeness (QED) is 0.832. The van der Waals surface area contributed by atoms with Gasteiger partial charge in [0.25, 0.3) is 0 Å². The Morgan fingerprint density at radius 2 is 2.08 bits per heavy atom. The van der Waals surface area contributed by atoms with Gasteiger partial charge in [-0.3, -0.25) is 0 Å². The highest BCUT2D eigenvalue weighted by atomic mass is 79.9. The number of hydrogen-bond donors (Lipinski definition) is 1. The Hall–Kier alpha value is -1.29. The van der Waals surface area contributed by atoms with Crippen molar-refractivity contribution >= 4 is 21.7 Å². The lowest BCUT2D eigenvalue weighted by Gasteiger charge is -1.96. The van der Waals surface area contributed by atoms with Gasteiger partial charge < -0.3 is 10.3 Å². The van der Waals surface area contributed by atoms with Gasteiger partial charge in [0.05, 0.1) is 0 Å². The summed E-state index contributed by atoms with van der Waals surface area (Å²) < 4.78 is 5.99. The van der Waals surface area contributed by atoms with E-state index in [1.807, 2.05) is 24.3 Å². The molecule has 0 aliphatic carbocycles. The van der Waals surface area contributed by atoms with E-state index in [1.165, 1.54) is 0 Å². The first-order chi connectivity index (χ1) is 6.27. The second-order valence-electron chi connectivity index (χ2n) is 2.60. The van der Waals surface area contributed by atoms with Crippen molar-refractivity contribution in [3.63, 3.8) is 0 Å². The molecule has 66 valence electrons. The van der Waals surface area contributed by atoms with Crippen LogP contribution in [0.3, 0.4) is 0 Å². The molecule has 0 fully saturated rings. The standard InChI is InChI=1S/C9H7BrN2O/c10-7-4-2-1-3-6(7)8-5-9(11)12-13-8/h1-5H,(H2,11,12). The Balaban J connectivity index is 2.52. The van der Waals surface area contributed by atoms with Crippen molar-refractivity contribution in [2.75, 3.05) is 5.73 Å². The zero-order valence-corrected chi connectivity index (χ0v) is 8.28. The molecule has 4 heteroatoms. The topological polar surface area (TPSA) is 52.0 Å². The molecule has 0 amide bonds. The number of anilines is 1. The van der Waals surface area contributed by atoms with Crippen LogP contribution in [-0.2, 0) is 0 Å². The minimum atomic E-state index is 0.394. The average molecular weight is 239 g/mol. The summed E-state index contributed by atoms with van der Waals surface area (Å²) in [6.07, 6.45) is 0. The first-order valence-electron chi connectivity index (χ1n) is 3.74. The first-order valence-corrected chi connectivity index (χ1v) is 4.54. The Bertz CT molecular complexity index is 425. The summed E-state index contributed by atoms with van der Waals surface area (Å²) in [6.45, 7) is 0. The lowest BCUT2D eigenvalue weighted by atomic mass is 10.2. The maximum absolute atomic E-state index is 5.45. The number of nitrogens with two attached hydrogens (primary N) is 1. The summed E-state index contributed by atoms with van der Waals surface area (Å²) in [5.74, 6) is 1.07. The van der Waals surface area contributed by atoms with Crippen LogP contribution in [0.2, 0.25) is 0 Å². The SMILES string of the molecule is Nc1cc(-c2ccccc2Br)on1. The smallest absolute Gasteiger partial charge is 0.170 e. The predicted molar refractivity (Wildman–Crippen MR) is 54.1 cm³/mol. The van der Waals surface area contributed by atoms with Gasteiger partial charge in [-0.1, -0.05) is 33.2 Å². The van der Waals surface area contributed by atoms with Crippen molar-refractivity contribution in [3.8, 4) is 11.3 Å². The van der Waals surface area contributed by atoms with E-state index in [-0.39, 0.29) is 0 Å². The number of benzene rings is 1. The van der Waals surface area contributed by atoms with E-state index >= 15 is 0 Å². The fourth-order valence-corrected chi connectivity index (χ4v) is 1.56. The van der Waals surface area contributed by atoms with Crippen LogP contribution >= 0.6 is 15.9 Å². The highest BCUT2D eigenvalue weighted by Crippen LogP contribution is 2.28. The molecule has 0 bridgehead atoms. The van der Waals surface area contributed by atoms with Gasteiger partial charge in [-0.15, -0.1) is 0 Å². The predicted octanol–water partition coefficient (Wildman–Crippen LogP) is 2.69. The van der Waals surface area contributed by atoms with Crippen LogP contribution in [0, 0.1) is 0 Å². The van der Waals surface area contributed by atoms with Crippen LogP contribution in [0.5, 0.6) is 0 Å². The van der Waals surface area contributed by atoms with E-state index in [9.17, 15) is 0 Å². The number of rotatable bonds is 1. The molecule has 1 aromatic carbocycles. The van der Waals surface area contributed by atoms with Gasteiger partial charge in [0.15, 0.2) is 11.6 Å². The lowest BCUT2D eigenvalue weighted by molar-refractivity contribution is 0.435. The molecule has 0 spiro atoms. The fourth-order valence-electron chi connectivity index (χ4n) is 1.08. The Labute approximate surface area is 83.7 Å². The maximum atomic E-state index is 5.45. The number of halogens is 1. The summed E-state index contributed by atoms with van der Waals surface area (Å²) in [4.78, 5) is 0. The molecule has 0 saturated carbocycles. The molecule has 0 aliphatic rings. The summed E-state index contributed by atoms with van der Waals surface area (Å²) >= 11 is 3.41. The largest absolute Gasteiger partial charge is 0.381 e. The normalized spacial score (nSPS) is 10.2. The van der Waals surface area contributed by atoms with E-state index < -0.39 is 0 Å². The minimum Gasteiger partial charge on any atom is -0.381 e. The number of aromatic nitrogens is 1. The number of nitrogen functional groups attached to an aromatic ring is 1. The molecule has 2 rings (SSSR count). The number of hydrogen-bond acceptors (Lipinski definition) is 3. The average Bonchev–Trinajstić information content (AvgIpc) is 2.53.